The van der Waals surface area contributed by atoms with Crippen molar-refractivity contribution in [2.45, 2.75) is 12.3 Å². The van der Waals surface area contributed by atoms with Crippen LogP contribution in [-0.2, 0) is 6.42 Å². The largest absolute Gasteiger partial charge is 0.207 e. The standard InChI is InChI=1S/C15H12Br2F2/c16-9-11(13-3-1-2-4-15(13)19)7-10-8-12(18)5-6-14(10)17/h1-6,8,11H,7,9H2. The van der Waals surface area contributed by atoms with Crippen LogP contribution in [0.1, 0.15) is 17.0 Å². The van der Waals surface area contributed by atoms with Gasteiger partial charge in [0.25, 0.3) is 0 Å². The Labute approximate surface area is 128 Å². The molecule has 0 bridgehead atoms. The van der Waals surface area contributed by atoms with E-state index in [9.17, 15) is 8.78 Å². The highest BCUT2D eigenvalue weighted by atomic mass is 79.9. The lowest BCUT2D eigenvalue weighted by atomic mass is 9.93. The topological polar surface area (TPSA) is 0 Å². The van der Waals surface area contributed by atoms with Crippen molar-refractivity contribution in [3.63, 3.8) is 0 Å². The summed E-state index contributed by atoms with van der Waals surface area (Å²) in [5, 5.41) is 0.622. The predicted octanol–water partition coefficient (Wildman–Crippen LogP) is 5.45. The molecular formula is C15H12Br2F2. The van der Waals surface area contributed by atoms with E-state index in [1.54, 1.807) is 18.2 Å². The Bertz CT molecular complexity index is 570. The minimum Gasteiger partial charge on any atom is -0.207 e. The van der Waals surface area contributed by atoms with E-state index in [4.69, 9.17) is 0 Å². The second kappa shape index (κ2) is 6.62. The Balaban J connectivity index is 2.29. The van der Waals surface area contributed by atoms with Gasteiger partial charge in [-0.15, -0.1) is 0 Å². The van der Waals surface area contributed by atoms with Crippen molar-refractivity contribution in [3.05, 3.63) is 69.7 Å². The van der Waals surface area contributed by atoms with Crippen LogP contribution in [0, 0.1) is 11.6 Å². The van der Waals surface area contributed by atoms with E-state index in [1.807, 2.05) is 6.07 Å². The Morgan fingerprint density at radius 3 is 2.47 bits per heavy atom. The summed E-state index contributed by atoms with van der Waals surface area (Å²) in [7, 11) is 0. The number of alkyl halides is 1. The number of hydrogen-bond donors (Lipinski definition) is 0. The van der Waals surface area contributed by atoms with Crippen molar-refractivity contribution in [2.24, 2.45) is 0 Å². The molecule has 1 unspecified atom stereocenters. The van der Waals surface area contributed by atoms with Crippen LogP contribution in [0.3, 0.4) is 0 Å². The van der Waals surface area contributed by atoms with Crippen LogP contribution in [0.4, 0.5) is 8.78 Å². The molecule has 0 amide bonds. The van der Waals surface area contributed by atoms with Gasteiger partial charge in [-0.2, -0.15) is 0 Å². The van der Waals surface area contributed by atoms with Crippen molar-refractivity contribution < 1.29 is 8.78 Å². The number of rotatable bonds is 4. The molecule has 19 heavy (non-hydrogen) atoms. The zero-order valence-corrected chi connectivity index (χ0v) is 13.2. The normalized spacial score (nSPS) is 12.4. The smallest absolute Gasteiger partial charge is 0.126 e. The number of hydrogen-bond acceptors (Lipinski definition) is 0. The third-order valence-corrected chi connectivity index (χ3v) is 4.56. The zero-order chi connectivity index (χ0) is 13.8. The fraction of sp³-hybridized carbons (Fsp3) is 0.200. The van der Waals surface area contributed by atoms with Gasteiger partial charge in [0.2, 0.25) is 0 Å². The molecule has 2 aromatic rings. The molecule has 0 saturated heterocycles. The van der Waals surface area contributed by atoms with Crippen molar-refractivity contribution in [3.8, 4) is 0 Å². The minimum atomic E-state index is -0.278. The Morgan fingerprint density at radius 1 is 1.05 bits per heavy atom. The summed E-state index contributed by atoms with van der Waals surface area (Å²) < 4.78 is 27.9. The molecule has 0 saturated carbocycles. The first-order valence-corrected chi connectivity index (χ1v) is 7.77. The van der Waals surface area contributed by atoms with Gasteiger partial charge in [0.15, 0.2) is 0 Å². The van der Waals surface area contributed by atoms with Crippen LogP contribution in [0.15, 0.2) is 46.9 Å². The van der Waals surface area contributed by atoms with Gasteiger partial charge in [0, 0.05) is 15.7 Å². The van der Waals surface area contributed by atoms with Gasteiger partial charge >= 0.3 is 0 Å². The van der Waals surface area contributed by atoms with E-state index < -0.39 is 0 Å². The second-order valence-corrected chi connectivity index (χ2v) is 5.81. The Morgan fingerprint density at radius 2 is 1.79 bits per heavy atom. The molecule has 2 rings (SSSR count). The Kier molecular flexibility index (Phi) is 5.11. The second-order valence-electron chi connectivity index (χ2n) is 4.31. The van der Waals surface area contributed by atoms with Gasteiger partial charge < -0.3 is 0 Å². The van der Waals surface area contributed by atoms with Crippen molar-refractivity contribution in [1.82, 2.24) is 0 Å². The molecule has 0 heterocycles. The maximum atomic E-state index is 13.8. The summed E-state index contributed by atoms with van der Waals surface area (Å²) in [6, 6.07) is 11.3. The molecule has 0 aliphatic heterocycles. The monoisotopic (exact) mass is 388 g/mol. The van der Waals surface area contributed by atoms with E-state index in [0.717, 1.165) is 10.0 Å². The maximum Gasteiger partial charge on any atom is 0.126 e. The maximum absolute atomic E-state index is 13.8. The van der Waals surface area contributed by atoms with Gasteiger partial charge in [-0.1, -0.05) is 50.1 Å². The van der Waals surface area contributed by atoms with Gasteiger partial charge in [-0.05, 0) is 41.8 Å². The highest BCUT2D eigenvalue weighted by Gasteiger charge is 2.16. The lowest BCUT2D eigenvalue weighted by molar-refractivity contribution is 0.588. The fourth-order valence-electron chi connectivity index (χ4n) is 2.02. The molecule has 0 spiro atoms. The van der Waals surface area contributed by atoms with Crippen LogP contribution < -0.4 is 0 Å². The summed E-state index contributed by atoms with van der Waals surface area (Å²) >= 11 is 6.82. The molecule has 4 heteroatoms. The van der Waals surface area contributed by atoms with Crippen LogP contribution in [0.5, 0.6) is 0 Å². The number of halogens is 4. The van der Waals surface area contributed by atoms with Crippen molar-refractivity contribution >= 4 is 31.9 Å². The third-order valence-electron chi connectivity index (χ3n) is 3.01. The minimum absolute atomic E-state index is 0.0284. The van der Waals surface area contributed by atoms with Crippen molar-refractivity contribution in [2.75, 3.05) is 5.33 Å². The molecule has 0 fully saturated rings. The van der Waals surface area contributed by atoms with E-state index in [1.165, 1.54) is 18.2 Å². The van der Waals surface area contributed by atoms with Crippen LogP contribution in [-0.4, -0.2) is 5.33 Å². The van der Waals surface area contributed by atoms with E-state index in [2.05, 4.69) is 31.9 Å². The summed E-state index contributed by atoms with van der Waals surface area (Å²) in [6.45, 7) is 0. The average Bonchev–Trinajstić information content (AvgIpc) is 2.41. The molecule has 0 aromatic heterocycles. The first kappa shape index (κ1) is 14.7. The molecular weight excluding hydrogens is 378 g/mol. The molecule has 0 N–H and O–H groups in total. The van der Waals surface area contributed by atoms with Crippen LogP contribution in [0.25, 0.3) is 0 Å². The summed E-state index contributed by atoms with van der Waals surface area (Å²) in [5.74, 6) is -0.529. The first-order valence-electron chi connectivity index (χ1n) is 5.86. The SMILES string of the molecule is Fc1ccc(Br)c(CC(CBr)c2ccccc2F)c1. The van der Waals surface area contributed by atoms with Crippen LogP contribution in [0.2, 0.25) is 0 Å². The fourth-order valence-corrected chi connectivity index (χ4v) is 3.01. The van der Waals surface area contributed by atoms with E-state index in [-0.39, 0.29) is 17.6 Å². The highest BCUT2D eigenvalue weighted by Crippen LogP contribution is 2.28. The molecule has 100 valence electrons. The molecule has 0 aliphatic rings. The Hall–Kier alpha value is -0.740. The van der Waals surface area contributed by atoms with Gasteiger partial charge in [-0.25, -0.2) is 8.78 Å². The van der Waals surface area contributed by atoms with Crippen LogP contribution >= 0.6 is 31.9 Å². The lowest BCUT2D eigenvalue weighted by Gasteiger charge is -2.16. The highest BCUT2D eigenvalue weighted by molar-refractivity contribution is 9.10. The van der Waals surface area contributed by atoms with Gasteiger partial charge in [0.1, 0.15) is 11.6 Å². The summed E-state index contributed by atoms with van der Waals surface area (Å²) in [5.41, 5.74) is 1.49. The summed E-state index contributed by atoms with van der Waals surface area (Å²) in [4.78, 5) is 0. The third kappa shape index (κ3) is 3.63. The van der Waals surface area contributed by atoms with E-state index in [0.29, 0.717) is 17.3 Å². The van der Waals surface area contributed by atoms with Gasteiger partial charge in [0.05, 0.1) is 0 Å². The lowest BCUT2D eigenvalue weighted by Crippen LogP contribution is -2.07. The zero-order valence-electron chi connectivity index (χ0n) is 10.0. The molecule has 0 nitrogen and oxygen atoms in total. The molecule has 0 radical (unpaired) electrons. The first-order chi connectivity index (χ1) is 9.11. The quantitative estimate of drug-likeness (QED) is 0.610. The average molecular weight is 390 g/mol. The summed E-state index contributed by atoms with van der Waals surface area (Å²) in [6.07, 6.45) is 0.574. The van der Waals surface area contributed by atoms with E-state index >= 15 is 0 Å². The van der Waals surface area contributed by atoms with Crippen molar-refractivity contribution in [1.29, 1.82) is 0 Å². The van der Waals surface area contributed by atoms with Gasteiger partial charge in [-0.3, -0.25) is 0 Å². The molecule has 2 aromatic carbocycles. The molecule has 0 aliphatic carbocycles. The molecule has 1 atom stereocenters. The number of benzene rings is 2. The predicted molar refractivity (Wildman–Crippen MR) is 80.7 cm³/mol.